The fraction of sp³-hybridized carbons (Fsp3) is 0.164. The van der Waals surface area contributed by atoms with Crippen LogP contribution in [0.2, 0.25) is 0 Å². The molecule has 9 aromatic rings. The maximum absolute atomic E-state index is 14.6. The van der Waals surface area contributed by atoms with Gasteiger partial charge in [0.1, 0.15) is 23.3 Å². The molecule has 1 saturated carbocycles. The molecule has 0 N–H and O–H groups in total. The summed E-state index contributed by atoms with van der Waals surface area (Å²) in [5.74, 6) is -1.94. The highest BCUT2D eigenvalue weighted by Gasteiger charge is 2.19. The largest absolute Gasteiger partial charge is 0.256 e. The highest BCUT2D eigenvalue weighted by molar-refractivity contribution is 5.92. The SMILES string of the molecule is Fc1ccc(-c2ccc(CCc3cc(CCc4ccc(-c5ccc(F)cc5F)nc4)cc(-c4ccccc4-c4cnc(-c5ccccc5)cc4-c4ccc(C5CCCCC5)cc4)c3)cn2)c(F)c1. The molecule has 0 spiro atoms. The first kappa shape index (κ1) is 44.3. The second-order valence-corrected chi connectivity index (χ2v) is 17.9. The van der Waals surface area contributed by atoms with E-state index in [0.29, 0.717) is 30.1 Å². The van der Waals surface area contributed by atoms with Gasteiger partial charge in [-0.25, -0.2) is 17.6 Å². The van der Waals surface area contributed by atoms with Crippen LogP contribution in [0.15, 0.2) is 182 Å². The lowest BCUT2D eigenvalue weighted by molar-refractivity contribution is 0.443. The predicted molar refractivity (Wildman–Crippen MR) is 266 cm³/mol. The minimum Gasteiger partial charge on any atom is -0.256 e. The van der Waals surface area contributed by atoms with E-state index in [2.05, 4.69) is 94.9 Å². The average Bonchev–Trinajstić information content (AvgIpc) is 3.38. The van der Waals surface area contributed by atoms with Crippen molar-refractivity contribution in [2.24, 2.45) is 0 Å². The molecule has 68 heavy (non-hydrogen) atoms. The second-order valence-electron chi connectivity index (χ2n) is 17.9. The summed E-state index contributed by atoms with van der Waals surface area (Å²) in [5, 5.41) is 0. The number of aryl methyl sites for hydroxylation is 4. The minimum atomic E-state index is -0.647. The Morgan fingerprint density at radius 3 is 1.46 bits per heavy atom. The molecule has 0 aliphatic heterocycles. The third-order valence-corrected chi connectivity index (χ3v) is 13.3. The van der Waals surface area contributed by atoms with E-state index >= 15 is 0 Å². The molecule has 3 nitrogen and oxygen atoms in total. The fourth-order valence-electron chi connectivity index (χ4n) is 9.66. The Hall–Kier alpha value is -7.51. The summed E-state index contributed by atoms with van der Waals surface area (Å²) in [6, 6.07) is 51.7. The Morgan fingerprint density at radius 1 is 0.353 bits per heavy atom. The van der Waals surface area contributed by atoms with Gasteiger partial charge in [0.25, 0.3) is 0 Å². The molecular weight excluding hydrogens is 851 g/mol. The van der Waals surface area contributed by atoms with Crippen molar-refractivity contribution in [2.75, 3.05) is 0 Å². The van der Waals surface area contributed by atoms with Gasteiger partial charge in [-0.1, -0.05) is 128 Å². The molecule has 1 aliphatic carbocycles. The number of benzene rings is 6. The van der Waals surface area contributed by atoms with Gasteiger partial charge in [-0.15, -0.1) is 0 Å². The van der Waals surface area contributed by atoms with Crippen LogP contribution < -0.4 is 0 Å². The molecule has 6 aromatic carbocycles. The van der Waals surface area contributed by atoms with Crippen LogP contribution in [-0.4, -0.2) is 15.0 Å². The number of halogens is 4. The first-order chi connectivity index (χ1) is 33.3. The van der Waals surface area contributed by atoms with E-state index < -0.39 is 23.3 Å². The van der Waals surface area contributed by atoms with Crippen LogP contribution in [0.5, 0.6) is 0 Å². The van der Waals surface area contributed by atoms with Gasteiger partial charge in [-0.2, -0.15) is 0 Å². The van der Waals surface area contributed by atoms with E-state index in [4.69, 9.17) is 4.98 Å². The zero-order valence-electron chi connectivity index (χ0n) is 37.6. The van der Waals surface area contributed by atoms with Crippen LogP contribution in [0.4, 0.5) is 17.6 Å². The quantitative estimate of drug-likeness (QED) is 0.108. The number of hydrogen-bond donors (Lipinski definition) is 0. The molecule has 0 bridgehead atoms. The lowest BCUT2D eigenvalue weighted by Gasteiger charge is -2.22. The van der Waals surface area contributed by atoms with E-state index in [0.717, 1.165) is 91.9 Å². The zero-order chi connectivity index (χ0) is 46.4. The van der Waals surface area contributed by atoms with Gasteiger partial charge >= 0.3 is 0 Å². The van der Waals surface area contributed by atoms with E-state index in [9.17, 15) is 17.6 Å². The number of aromatic nitrogens is 3. The molecular formula is C61H49F4N3. The van der Waals surface area contributed by atoms with Crippen LogP contribution >= 0.6 is 0 Å². The molecule has 3 aromatic heterocycles. The summed E-state index contributed by atoms with van der Waals surface area (Å²) in [5.41, 5.74) is 15.6. The van der Waals surface area contributed by atoms with Crippen LogP contribution in [-0.2, 0) is 25.7 Å². The Kier molecular flexibility index (Phi) is 13.1. The molecule has 3 heterocycles. The van der Waals surface area contributed by atoms with Crippen molar-refractivity contribution in [1.82, 2.24) is 15.0 Å². The van der Waals surface area contributed by atoms with E-state index in [1.807, 2.05) is 36.5 Å². The van der Waals surface area contributed by atoms with Gasteiger partial charge < -0.3 is 0 Å². The van der Waals surface area contributed by atoms with Crippen LogP contribution in [0.1, 0.15) is 65.8 Å². The van der Waals surface area contributed by atoms with Gasteiger partial charge in [-0.05, 0) is 143 Å². The molecule has 0 saturated heterocycles. The van der Waals surface area contributed by atoms with Crippen molar-refractivity contribution in [3.05, 3.63) is 233 Å². The molecule has 1 aliphatic rings. The summed E-state index contributed by atoms with van der Waals surface area (Å²) >= 11 is 0. The third kappa shape index (κ3) is 10.1. The Morgan fingerprint density at radius 2 is 0.897 bits per heavy atom. The van der Waals surface area contributed by atoms with E-state index in [-0.39, 0.29) is 11.1 Å². The number of rotatable bonds is 13. The lowest BCUT2D eigenvalue weighted by Crippen LogP contribution is -2.04. The molecule has 1 fully saturated rings. The molecule has 0 radical (unpaired) electrons. The van der Waals surface area contributed by atoms with E-state index in [1.165, 1.54) is 61.9 Å². The van der Waals surface area contributed by atoms with Crippen LogP contribution in [0, 0.1) is 23.3 Å². The molecule has 10 rings (SSSR count). The molecule has 0 amide bonds. The normalized spacial score (nSPS) is 12.9. The molecule has 0 unspecified atom stereocenters. The van der Waals surface area contributed by atoms with Crippen molar-refractivity contribution < 1.29 is 17.6 Å². The second kappa shape index (κ2) is 20.2. The van der Waals surface area contributed by atoms with Crippen LogP contribution in [0.25, 0.3) is 67.2 Å². The minimum absolute atomic E-state index is 0.256. The summed E-state index contributed by atoms with van der Waals surface area (Å²) in [6.45, 7) is 0. The van der Waals surface area contributed by atoms with Gasteiger partial charge in [-0.3, -0.25) is 15.0 Å². The smallest absolute Gasteiger partial charge is 0.135 e. The highest BCUT2D eigenvalue weighted by atomic mass is 19.1. The Labute approximate surface area is 395 Å². The topological polar surface area (TPSA) is 38.7 Å². The number of nitrogens with zero attached hydrogens (tertiary/aromatic N) is 3. The summed E-state index contributed by atoms with van der Waals surface area (Å²) in [4.78, 5) is 14.2. The Balaban J connectivity index is 0.998. The number of pyridine rings is 3. The standard InChI is InChI=1S/C61H49F4N3/c62-49-25-27-53(57(64)34-49)59-29-19-40(37-66-59)15-17-42-31-43(18-16-41-20-30-60(67-38-41)54-28-26-50(63)35-58(54)65)33-48(32-42)51-13-7-8-14-52(51)56-39-68-61(47-11-5-2-6-12-47)36-55(56)46-23-21-45(22-24-46)44-9-3-1-4-10-44/h2,5-8,11-14,19-39,44H,1,3-4,9-10,15-18H2. The Bertz CT molecular complexity index is 3060. The zero-order valence-corrected chi connectivity index (χ0v) is 37.6. The van der Waals surface area contributed by atoms with Gasteiger partial charge in [0.15, 0.2) is 0 Å². The number of hydrogen-bond acceptors (Lipinski definition) is 3. The van der Waals surface area contributed by atoms with Gasteiger partial charge in [0.05, 0.1) is 17.1 Å². The maximum Gasteiger partial charge on any atom is 0.135 e. The van der Waals surface area contributed by atoms with Crippen molar-refractivity contribution in [3.63, 3.8) is 0 Å². The van der Waals surface area contributed by atoms with Gasteiger partial charge in [0.2, 0.25) is 0 Å². The van der Waals surface area contributed by atoms with Gasteiger partial charge in [0, 0.05) is 53.0 Å². The monoisotopic (exact) mass is 899 g/mol. The average molecular weight is 900 g/mol. The molecule has 336 valence electrons. The first-order valence-electron chi connectivity index (χ1n) is 23.5. The fourth-order valence-corrected chi connectivity index (χ4v) is 9.66. The van der Waals surface area contributed by atoms with Crippen molar-refractivity contribution in [2.45, 2.75) is 63.7 Å². The van der Waals surface area contributed by atoms with Crippen molar-refractivity contribution in [1.29, 1.82) is 0 Å². The van der Waals surface area contributed by atoms with Crippen LogP contribution in [0.3, 0.4) is 0 Å². The predicted octanol–water partition coefficient (Wildman–Crippen LogP) is 16.0. The maximum atomic E-state index is 14.6. The molecule has 7 heteroatoms. The summed E-state index contributed by atoms with van der Waals surface area (Å²) in [6.07, 6.45) is 14.8. The molecule has 0 atom stereocenters. The summed E-state index contributed by atoms with van der Waals surface area (Å²) in [7, 11) is 0. The lowest BCUT2D eigenvalue weighted by atomic mass is 9.83. The summed E-state index contributed by atoms with van der Waals surface area (Å²) < 4.78 is 56.5. The first-order valence-corrected chi connectivity index (χ1v) is 23.5. The van der Waals surface area contributed by atoms with Crippen molar-refractivity contribution >= 4 is 0 Å². The third-order valence-electron chi connectivity index (χ3n) is 13.3. The highest BCUT2D eigenvalue weighted by Crippen LogP contribution is 2.41. The van der Waals surface area contributed by atoms with Crippen molar-refractivity contribution in [3.8, 4) is 67.2 Å². The van der Waals surface area contributed by atoms with E-state index in [1.54, 1.807) is 24.5 Å².